The molecule has 2 aromatic heterocycles. The number of hydrogen-bond donors (Lipinski definition) is 1. The second kappa shape index (κ2) is 8.39. The molecule has 1 atom stereocenters. The quantitative estimate of drug-likeness (QED) is 0.655. The molecule has 0 aliphatic rings. The molecule has 3 rings (SSSR count). The zero-order valence-electron chi connectivity index (χ0n) is 18.0. The minimum absolute atomic E-state index is 0.178. The third kappa shape index (κ3) is 4.76. The van der Waals surface area contributed by atoms with Crippen LogP contribution in [0.2, 0.25) is 0 Å². The van der Waals surface area contributed by atoms with Crippen molar-refractivity contribution in [3.8, 4) is 0 Å². The van der Waals surface area contributed by atoms with Crippen LogP contribution >= 0.6 is 11.5 Å². The van der Waals surface area contributed by atoms with Gasteiger partial charge >= 0.3 is 0 Å². The van der Waals surface area contributed by atoms with Crippen LogP contribution in [-0.4, -0.2) is 26.9 Å². The number of benzene rings is 1. The topological polar surface area (TPSA) is 88.3 Å². The van der Waals surface area contributed by atoms with Crippen molar-refractivity contribution in [3.05, 3.63) is 64.1 Å². The lowest BCUT2D eigenvalue weighted by atomic mass is 10.0. The standard InChI is InChI=1S/C22H26N4O3S/c1-13-7-9-17(14(2)11-13)26(21(28)16-12-30-25-24-16)19(18-10-8-15(3)29-18)20(27)23-22(4,5)6/h7-12,19H,1-6H3,(H,23,27). The minimum Gasteiger partial charge on any atom is -0.464 e. The summed E-state index contributed by atoms with van der Waals surface area (Å²) in [5, 5.41) is 8.50. The molecule has 0 aliphatic carbocycles. The van der Waals surface area contributed by atoms with Gasteiger partial charge in [-0.1, -0.05) is 22.2 Å². The Morgan fingerprint density at radius 1 is 1.13 bits per heavy atom. The summed E-state index contributed by atoms with van der Waals surface area (Å²) in [7, 11) is 0. The van der Waals surface area contributed by atoms with E-state index in [9.17, 15) is 9.59 Å². The van der Waals surface area contributed by atoms with Crippen molar-refractivity contribution in [2.24, 2.45) is 0 Å². The van der Waals surface area contributed by atoms with Crippen LogP contribution < -0.4 is 10.2 Å². The zero-order valence-corrected chi connectivity index (χ0v) is 18.8. The molecule has 3 aromatic rings. The van der Waals surface area contributed by atoms with E-state index in [2.05, 4.69) is 14.9 Å². The van der Waals surface area contributed by atoms with Crippen molar-refractivity contribution in [1.82, 2.24) is 14.9 Å². The number of hydrogen-bond acceptors (Lipinski definition) is 6. The van der Waals surface area contributed by atoms with Gasteiger partial charge in [0, 0.05) is 16.6 Å². The number of carbonyl (C=O) groups is 2. The Morgan fingerprint density at radius 2 is 1.87 bits per heavy atom. The summed E-state index contributed by atoms with van der Waals surface area (Å²) in [5.74, 6) is 0.278. The first-order chi connectivity index (χ1) is 14.1. The summed E-state index contributed by atoms with van der Waals surface area (Å²) in [6.45, 7) is 11.4. The zero-order chi connectivity index (χ0) is 22.1. The molecule has 8 heteroatoms. The van der Waals surface area contributed by atoms with E-state index in [4.69, 9.17) is 4.42 Å². The summed E-state index contributed by atoms with van der Waals surface area (Å²) in [4.78, 5) is 28.4. The number of amides is 2. The summed E-state index contributed by atoms with van der Waals surface area (Å²) < 4.78 is 9.64. The maximum absolute atomic E-state index is 13.5. The van der Waals surface area contributed by atoms with Crippen molar-refractivity contribution in [3.63, 3.8) is 0 Å². The third-order valence-electron chi connectivity index (χ3n) is 4.45. The first-order valence-corrected chi connectivity index (χ1v) is 10.5. The van der Waals surface area contributed by atoms with Crippen molar-refractivity contribution in [2.45, 2.75) is 53.1 Å². The highest BCUT2D eigenvalue weighted by atomic mass is 32.1. The van der Waals surface area contributed by atoms with Crippen molar-refractivity contribution in [1.29, 1.82) is 0 Å². The summed E-state index contributed by atoms with van der Waals surface area (Å²) >= 11 is 1.08. The normalized spacial score (nSPS) is 12.5. The van der Waals surface area contributed by atoms with E-state index in [1.54, 1.807) is 24.4 Å². The highest BCUT2D eigenvalue weighted by Gasteiger charge is 2.38. The molecule has 0 fully saturated rings. The summed E-state index contributed by atoms with van der Waals surface area (Å²) in [6.07, 6.45) is 0. The van der Waals surface area contributed by atoms with Crippen molar-refractivity contribution in [2.75, 3.05) is 4.90 Å². The Bertz CT molecular complexity index is 1050. The van der Waals surface area contributed by atoms with E-state index >= 15 is 0 Å². The van der Waals surface area contributed by atoms with E-state index in [-0.39, 0.29) is 11.6 Å². The highest BCUT2D eigenvalue weighted by molar-refractivity contribution is 7.03. The van der Waals surface area contributed by atoms with Gasteiger partial charge in [-0.05, 0) is 76.8 Å². The number of carbonyl (C=O) groups excluding carboxylic acids is 2. The first kappa shape index (κ1) is 21.7. The van der Waals surface area contributed by atoms with Gasteiger partial charge in [-0.25, -0.2) is 0 Å². The molecule has 1 aromatic carbocycles. The second-order valence-corrected chi connectivity index (χ2v) is 8.96. The second-order valence-electron chi connectivity index (χ2n) is 8.35. The SMILES string of the molecule is Cc1ccc(N(C(=O)c2csnn2)C(C(=O)NC(C)(C)C)c2ccc(C)o2)c(C)c1. The number of nitrogens with one attached hydrogen (secondary N) is 1. The lowest BCUT2D eigenvalue weighted by molar-refractivity contribution is -0.124. The molecular formula is C22H26N4O3S. The molecule has 30 heavy (non-hydrogen) atoms. The molecule has 2 heterocycles. The van der Waals surface area contributed by atoms with E-state index in [1.165, 1.54) is 4.90 Å². The molecule has 1 unspecified atom stereocenters. The molecule has 1 N–H and O–H groups in total. The maximum atomic E-state index is 13.5. The van der Waals surface area contributed by atoms with Gasteiger partial charge < -0.3 is 9.73 Å². The van der Waals surface area contributed by atoms with Crippen LogP contribution in [0.3, 0.4) is 0 Å². The number of aryl methyl sites for hydroxylation is 3. The number of nitrogens with zero attached hydrogens (tertiary/aromatic N) is 3. The van der Waals surface area contributed by atoms with Gasteiger partial charge in [0.2, 0.25) is 0 Å². The van der Waals surface area contributed by atoms with Crippen LogP contribution in [0.5, 0.6) is 0 Å². The van der Waals surface area contributed by atoms with E-state index < -0.39 is 17.5 Å². The van der Waals surface area contributed by atoms with Gasteiger partial charge in [-0.2, -0.15) is 0 Å². The van der Waals surface area contributed by atoms with E-state index in [0.717, 1.165) is 22.7 Å². The lowest BCUT2D eigenvalue weighted by Gasteiger charge is -2.32. The highest BCUT2D eigenvalue weighted by Crippen LogP contribution is 2.33. The number of anilines is 1. The smallest absolute Gasteiger partial charge is 0.280 e. The Kier molecular flexibility index (Phi) is 6.07. The number of furan rings is 1. The Balaban J connectivity index is 2.20. The average molecular weight is 427 g/mol. The Hall–Kier alpha value is -3.00. The van der Waals surface area contributed by atoms with Crippen LogP contribution in [0.4, 0.5) is 5.69 Å². The van der Waals surface area contributed by atoms with Crippen LogP contribution in [0.15, 0.2) is 40.1 Å². The summed E-state index contributed by atoms with van der Waals surface area (Å²) in [5.41, 5.74) is 2.22. The molecule has 0 bridgehead atoms. The molecular weight excluding hydrogens is 400 g/mol. The largest absolute Gasteiger partial charge is 0.464 e. The van der Waals surface area contributed by atoms with Gasteiger partial charge in [0.25, 0.3) is 11.8 Å². The van der Waals surface area contributed by atoms with Gasteiger partial charge in [0.05, 0.1) is 0 Å². The number of rotatable bonds is 5. The van der Waals surface area contributed by atoms with Crippen molar-refractivity contribution < 1.29 is 14.0 Å². The fraction of sp³-hybridized carbons (Fsp3) is 0.364. The van der Waals surface area contributed by atoms with Crippen molar-refractivity contribution >= 4 is 29.0 Å². The van der Waals surface area contributed by atoms with Gasteiger partial charge in [-0.3, -0.25) is 14.5 Å². The lowest BCUT2D eigenvalue weighted by Crippen LogP contribution is -2.49. The molecule has 0 aliphatic heterocycles. The first-order valence-electron chi connectivity index (χ1n) is 9.63. The predicted octanol–water partition coefficient (Wildman–Crippen LogP) is 4.36. The van der Waals surface area contributed by atoms with Gasteiger partial charge in [0.1, 0.15) is 11.5 Å². The Labute approximate surface area is 180 Å². The molecule has 7 nitrogen and oxygen atoms in total. The maximum Gasteiger partial charge on any atom is 0.280 e. The Morgan fingerprint density at radius 3 is 2.40 bits per heavy atom. The van der Waals surface area contributed by atoms with E-state index in [0.29, 0.717) is 17.2 Å². The third-order valence-corrected chi connectivity index (χ3v) is 4.95. The molecule has 0 spiro atoms. The minimum atomic E-state index is -1.01. The fourth-order valence-corrected chi connectivity index (χ4v) is 3.66. The molecule has 0 saturated carbocycles. The summed E-state index contributed by atoms with van der Waals surface area (Å²) in [6, 6.07) is 8.23. The van der Waals surface area contributed by atoms with Gasteiger partial charge in [0.15, 0.2) is 11.7 Å². The van der Waals surface area contributed by atoms with Crippen LogP contribution in [0.1, 0.15) is 59.9 Å². The van der Waals surface area contributed by atoms with Crippen LogP contribution in [0.25, 0.3) is 0 Å². The fourth-order valence-electron chi connectivity index (χ4n) is 3.23. The van der Waals surface area contributed by atoms with Gasteiger partial charge in [-0.15, -0.1) is 5.10 Å². The predicted molar refractivity (Wildman–Crippen MR) is 117 cm³/mol. The van der Waals surface area contributed by atoms with E-state index in [1.807, 2.05) is 52.8 Å². The monoisotopic (exact) mass is 426 g/mol. The molecule has 0 radical (unpaired) electrons. The molecule has 2 amide bonds. The van der Waals surface area contributed by atoms with Crippen LogP contribution in [-0.2, 0) is 4.79 Å². The molecule has 158 valence electrons. The average Bonchev–Trinajstić information content (AvgIpc) is 3.30. The molecule has 0 saturated heterocycles. The number of aromatic nitrogens is 2. The van der Waals surface area contributed by atoms with Crippen LogP contribution in [0, 0.1) is 20.8 Å².